The Kier molecular flexibility index (Phi) is 4.62. The predicted octanol–water partition coefficient (Wildman–Crippen LogP) is 3.14. The SMILES string of the molecule is Cc1cnc(NC(=O)[C@H]2CCC(=O)N(C)[C@H]2c2cccc(F)c2)s1. The Morgan fingerprint density at radius 3 is 2.92 bits per heavy atom. The summed E-state index contributed by atoms with van der Waals surface area (Å²) >= 11 is 1.40. The van der Waals surface area contributed by atoms with Crippen molar-refractivity contribution in [2.75, 3.05) is 12.4 Å². The van der Waals surface area contributed by atoms with Crippen LogP contribution in [0.3, 0.4) is 0 Å². The quantitative estimate of drug-likeness (QED) is 0.928. The van der Waals surface area contributed by atoms with Crippen molar-refractivity contribution in [2.45, 2.75) is 25.8 Å². The lowest BCUT2D eigenvalue weighted by atomic mass is 9.84. The van der Waals surface area contributed by atoms with Crippen LogP contribution in [0.1, 0.15) is 29.3 Å². The summed E-state index contributed by atoms with van der Waals surface area (Å²) in [5.41, 5.74) is 0.626. The molecule has 1 fully saturated rings. The molecular formula is C17H18FN3O2S. The molecule has 2 heterocycles. The van der Waals surface area contributed by atoms with Gasteiger partial charge in [0.05, 0.1) is 12.0 Å². The number of nitrogens with zero attached hydrogens (tertiary/aromatic N) is 2. The lowest BCUT2D eigenvalue weighted by Crippen LogP contribution is -2.44. The Morgan fingerprint density at radius 2 is 2.25 bits per heavy atom. The van der Waals surface area contributed by atoms with Crippen molar-refractivity contribution in [1.29, 1.82) is 0 Å². The number of thiazole rings is 1. The van der Waals surface area contributed by atoms with E-state index in [4.69, 9.17) is 0 Å². The molecular weight excluding hydrogens is 329 g/mol. The van der Waals surface area contributed by atoms with Crippen molar-refractivity contribution in [1.82, 2.24) is 9.88 Å². The number of piperidine rings is 1. The van der Waals surface area contributed by atoms with Gasteiger partial charge in [0, 0.05) is 24.5 Å². The molecule has 24 heavy (non-hydrogen) atoms. The van der Waals surface area contributed by atoms with E-state index in [1.165, 1.54) is 28.4 Å². The number of carbonyl (C=O) groups is 2. The molecule has 2 amide bonds. The summed E-state index contributed by atoms with van der Waals surface area (Å²) in [7, 11) is 1.66. The van der Waals surface area contributed by atoms with Crippen molar-refractivity contribution < 1.29 is 14.0 Å². The van der Waals surface area contributed by atoms with E-state index in [1.54, 1.807) is 25.4 Å². The number of halogens is 1. The number of carbonyl (C=O) groups excluding carboxylic acids is 2. The number of benzene rings is 1. The maximum Gasteiger partial charge on any atom is 0.231 e. The molecule has 126 valence electrons. The maximum atomic E-state index is 13.6. The van der Waals surface area contributed by atoms with E-state index >= 15 is 0 Å². The van der Waals surface area contributed by atoms with Crippen molar-refractivity contribution in [2.24, 2.45) is 5.92 Å². The minimum Gasteiger partial charge on any atom is -0.338 e. The van der Waals surface area contributed by atoms with Gasteiger partial charge in [-0.25, -0.2) is 9.37 Å². The average Bonchev–Trinajstić information content (AvgIpc) is 2.94. The van der Waals surface area contributed by atoms with E-state index < -0.39 is 12.0 Å². The molecule has 3 rings (SSSR count). The highest BCUT2D eigenvalue weighted by Crippen LogP contribution is 2.36. The van der Waals surface area contributed by atoms with Crippen molar-refractivity contribution in [3.8, 4) is 0 Å². The topological polar surface area (TPSA) is 62.3 Å². The number of aryl methyl sites for hydroxylation is 1. The normalized spacial score (nSPS) is 21.0. The van der Waals surface area contributed by atoms with E-state index in [1.807, 2.05) is 6.92 Å². The van der Waals surface area contributed by atoms with Gasteiger partial charge in [0.25, 0.3) is 0 Å². The van der Waals surface area contributed by atoms with Crippen molar-refractivity contribution in [3.63, 3.8) is 0 Å². The lowest BCUT2D eigenvalue weighted by Gasteiger charge is -2.38. The highest BCUT2D eigenvalue weighted by atomic mass is 32.1. The van der Waals surface area contributed by atoms with Crippen LogP contribution in [0.2, 0.25) is 0 Å². The Bertz CT molecular complexity index is 777. The molecule has 0 aliphatic carbocycles. The summed E-state index contributed by atoms with van der Waals surface area (Å²) < 4.78 is 13.6. The minimum absolute atomic E-state index is 0.0431. The fourth-order valence-electron chi connectivity index (χ4n) is 3.07. The molecule has 5 nitrogen and oxygen atoms in total. The van der Waals surface area contributed by atoms with E-state index in [0.29, 0.717) is 23.5 Å². The third-order valence-electron chi connectivity index (χ3n) is 4.24. The number of hydrogen-bond acceptors (Lipinski definition) is 4. The number of nitrogens with one attached hydrogen (secondary N) is 1. The number of hydrogen-bond donors (Lipinski definition) is 1. The van der Waals surface area contributed by atoms with Gasteiger partial charge in [-0.05, 0) is 31.0 Å². The molecule has 0 radical (unpaired) electrons. The van der Waals surface area contributed by atoms with Gasteiger partial charge in [0.1, 0.15) is 5.82 Å². The standard InChI is InChI=1S/C17H18FN3O2S/c1-10-9-19-17(24-10)20-16(23)13-6-7-14(22)21(2)15(13)11-4-3-5-12(18)8-11/h3-5,8-9,13,15H,6-7H2,1-2H3,(H,19,20,23)/t13-,15-/m0/s1. The summed E-state index contributed by atoms with van der Waals surface area (Å²) in [4.78, 5) is 31.5. The molecule has 1 aliphatic heterocycles. The number of likely N-dealkylation sites (tertiary alicyclic amines) is 1. The zero-order valence-corrected chi connectivity index (χ0v) is 14.3. The molecule has 0 bridgehead atoms. The number of aromatic nitrogens is 1. The van der Waals surface area contributed by atoms with Gasteiger partial charge in [-0.2, -0.15) is 0 Å². The second-order valence-electron chi connectivity index (χ2n) is 5.91. The molecule has 0 saturated carbocycles. The molecule has 2 atom stereocenters. The van der Waals surface area contributed by atoms with E-state index in [0.717, 1.165) is 4.88 Å². The third kappa shape index (κ3) is 3.31. The van der Waals surface area contributed by atoms with E-state index in [9.17, 15) is 14.0 Å². The van der Waals surface area contributed by atoms with Gasteiger partial charge >= 0.3 is 0 Å². The highest BCUT2D eigenvalue weighted by Gasteiger charge is 2.39. The molecule has 1 aromatic heterocycles. The van der Waals surface area contributed by atoms with Crippen LogP contribution < -0.4 is 5.32 Å². The Labute approximate surface area is 143 Å². The Balaban J connectivity index is 1.88. The third-order valence-corrected chi connectivity index (χ3v) is 5.07. The molecule has 0 unspecified atom stereocenters. The first-order valence-electron chi connectivity index (χ1n) is 7.70. The fourth-order valence-corrected chi connectivity index (χ4v) is 3.74. The molecule has 1 N–H and O–H groups in total. The van der Waals surface area contributed by atoms with Gasteiger partial charge in [-0.1, -0.05) is 12.1 Å². The van der Waals surface area contributed by atoms with Gasteiger partial charge in [0.15, 0.2) is 5.13 Å². The first kappa shape index (κ1) is 16.6. The lowest BCUT2D eigenvalue weighted by molar-refractivity contribution is -0.140. The van der Waals surface area contributed by atoms with Crippen LogP contribution >= 0.6 is 11.3 Å². The molecule has 0 spiro atoms. The summed E-state index contributed by atoms with van der Waals surface area (Å²) in [6.45, 7) is 1.91. The monoisotopic (exact) mass is 347 g/mol. The number of rotatable bonds is 3. The van der Waals surface area contributed by atoms with Gasteiger partial charge < -0.3 is 10.2 Å². The van der Waals surface area contributed by atoms with Gasteiger partial charge in [-0.3, -0.25) is 9.59 Å². The first-order valence-corrected chi connectivity index (χ1v) is 8.52. The summed E-state index contributed by atoms with van der Waals surface area (Å²) in [6, 6.07) is 5.59. The minimum atomic E-state index is -0.483. The molecule has 1 aliphatic rings. The first-order chi connectivity index (χ1) is 11.5. The Hall–Kier alpha value is -2.28. The zero-order valence-electron chi connectivity index (χ0n) is 13.5. The second-order valence-corrected chi connectivity index (χ2v) is 7.15. The van der Waals surface area contributed by atoms with Crippen LogP contribution in [-0.2, 0) is 9.59 Å². The number of anilines is 1. The van der Waals surface area contributed by atoms with Crippen molar-refractivity contribution >= 4 is 28.3 Å². The fraction of sp³-hybridized carbons (Fsp3) is 0.353. The highest BCUT2D eigenvalue weighted by molar-refractivity contribution is 7.15. The molecule has 2 aromatic rings. The number of amides is 2. The van der Waals surface area contributed by atoms with Crippen LogP contribution in [0.25, 0.3) is 0 Å². The maximum absolute atomic E-state index is 13.6. The summed E-state index contributed by atoms with van der Waals surface area (Å²) in [5, 5.41) is 3.36. The van der Waals surface area contributed by atoms with E-state index in [-0.39, 0.29) is 17.6 Å². The smallest absolute Gasteiger partial charge is 0.231 e. The van der Waals surface area contributed by atoms with Crippen LogP contribution in [0.5, 0.6) is 0 Å². The molecule has 7 heteroatoms. The van der Waals surface area contributed by atoms with Crippen LogP contribution in [0, 0.1) is 18.7 Å². The van der Waals surface area contributed by atoms with E-state index in [2.05, 4.69) is 10.3 Å². The average molecular weight is 347 g/mol. The molecule has 1 saturated heterocycles. The zero-order chi connectivity index (χ0) is 17.3. The Morgan fingerprint density at radius 1 is 1.46 bits per heavy atom. The molecule has 1 aromatic carbocycles. The van der Waals surface area contributed by atoms with Crippen molar-refractivity contribution in [3.05, 3.63) is 46.7 Å². The summed E-state index contributed by atoms with van der Waals surface area (Å²) in [6.07, 6.45) is 2.43. The summed E-state index contributed by atoms with van der Waals surface area (Å²) in [5.74, 6) is -1.07. The van der Waals surface area contributed by atoms with Crippen LogP contribution in [0.4, 0.5) is 9.52 Å². The predicted molar refractivity (Wildman–Crippen MR) is 90.1 cm³/mol. The largest absolute Gasteiger partial charge is 0.338 e. The van der Waals surface area contributed by atoms with Gasteiger partial charge in [0.2, 0.25) is 11.8 Å². The van der Waals surface area contributed by atoms with Crippen LogP contribution in [-0.4, -0.2) is 28.7 Å². The van der Waals surface area contributed by atoms with Crippen LogP contribution in [0.15, 0.2) is 30.5 Å². The second kappa shape index (κ2) is 6.68. The van der Waals surface area contributed by atoms with Gasteiger partial charge in [-0.15, -0.1) is 11.3 Å².